The van der Waals surface area contributed by atoms with E-state index >= 15 is 0 Å². The molecule has 1 amide bonds. The number of nitrogens with zero attached hydrogens (tertiary/aromatic N) is 1. The van der Waals surface area contributed by atoms with Crippen molar-refractivity contribution >= 4 is 21.8 Å². The number of unbranched alkanes of at least 4 members (excludes halogenated alkanes) is 1. The molecule has 1 rings (SSSR count). The van der Waals surface area contributed by atoms with E-state index in [4.69, 9.17) is 14.2 Å². The van der Waals surface area contributed by atoms with Crippen LogP contribution in [0.4, 0.5) is 0 Å². The molecule has 0 unspecified atom stereocenters. The molecule has 0 aromatic heterocycles. The highest BCUT2D eigenvalue weighted by Gasteiger charge is 2.25. The molecule has 0 saturated heterocycles. The topological polar surface area (TPSA) is 48.0 Å². The summed E-state index contributed by atoms with van der Waals surface area (Å²) >= 11 is 3.45. The third kappa shape index (κ3) is 3.85. The van der Waals surface area contributed by atoms with E-state index in [-0.39, 0.29) is 5.91 Å². The number of methoxy groups -OCH3 is 3. The summed E-state index contributed by atoms with van der Waals surface area (Å²) in [5.74, 6) is 1.33. The average Bonchev–Trinajstić information content (AvgIpc) is 2.54. The zero-order valence-electron chi connectivity index (χ0n) is 13.9. The Kier molecular flexibility index (Phi) is 7.51. The normalized spacial score (nSPS) is 10.3. The van der Waals surface area contributed by atoms with Crippen molar-refractivity contribution in [2.75, 3.05) is 34.4 Å². The fraction of sp³-hybridized carbons (Fsp3) is 0.562. The molecule has 0 aliphatic heterocycles. The smallest absolute Gasteiger partial charge is 0.255 e. The van der Waals surface area contributed by atoms with Gasteiger partial charge in [0.25, 0.3) is 5.91 Å². The molecule has 0 saturated carbocycles. The monoisotopic (exact) mass is 373 g/mol. The number of rotatable bonds is 8. The van der Waals surface area contributed by atoms with Crippen molar-refractivity contribution in [2.24, 2.45) is 0 Å². The number of carbonyl (C=O) groups excluding carboxylic acids is 1. The Bertz CT molecular complexity index is 519. The van der Waals surface area contributed by atoms with Crippen LogP contribution < -0.4 is 14.2 Å². The zero-order valence-corrected chi connectivity index (χ0v) is 15.4. The molecule has 0 aliphatic carbocycles. The standard InChI is InChI=1S/C16H24BrNO4/c1-6-8-9-18(7-2)16(19)11-10-12(20-3)14(21-4)15(22-5)13(11)17/h10H,6-9H2,1-5H3. The number of carbonyl (C=O) groups is 1. The number of hydrogen-bond donors (Lipinski definition) is 0. The number of amides is 1. The first-order chi connectivity index (χ1) is 10.5. The maximum absolute atomic E-state index is 12.8. The molecule has 0 aliphatic rings. The molecule has 22 heavy (non-hydrogen) atoms. The van der Waals surface area contributed by atoms with Crippen LogP contribution in [0.2, 0.25) is 0 Å². The first-order valence-corrected chi connectivity index (χ1v) is 8.12. The zero-order chi connectivity index (χ0) is 16.7. The second kappa shape index (κ2) is 8.88. The second-order valence-electron chi connectivity index (χ2n) is 4.75. The highest BCUT2D eigenvalue weighted by molar-refractivity contribution is 9.10. The van der Waals surface area contributed by atoms with Crippen molar-refractivity contribution < 1.29 is 19.0 Å². The number of benzene rings is 1. The molecule has 0 N–H and O–H groups in total. The van der Waals surface area contributed by atoms with Gasteiger partial charge in [0.05, 0.1) is 31.4 Å². The van der Waals surface area contributed by atoms with Crippen LogP contribution in [0, 0.1) is 0 Å². The van der Waals surface area contributed by atoms with E-state index in [0.717, 1.165) is 19.4 Å². The molecule has 1 aromatic rings. The number of halogens is 1. The molecule has 0 atom stereocenters. The van der Waals surface area contributed by atoms with Crippen molar-refractivity contribution in [3.05, 3.63) is 16.1 Å². The summed E-state index contributed by atoms with van der Waals surface area (Å²) in [4.78, 5) is 14.6. The number of hydrogen-bond acceptors (Lipinski definition) is 4. The Hall–Kier alpha value is -1.43. The molecule has 5 nitrogen and oxygen atoms in total. The SMILES string of the molecule is CCCCN(CC)C(=O)c1cc(OC)c(OC)c(OC)c1Br. The molecule has 1 aromatic carbocycles. The van der Waals surface area contributed by atoms with Crippen LogP contribution in [-0.4, -0.2) is 45.2 Å². The fourth-order valence-corrected chi connectivity index (χ4v) is 2.83. The summed E-state index contributed by atoms with van der Waals surface area (Å²) in [5.41, 5.74) is 0.507. The van der Waals surface area contributed by atoms with Gasteiger partial charge in [0.1, 0.15) is 0 Å². The molecule has 6 heteroatoms. The molecule has 0 heterocycles. The van der Waals surface area contributed by atoms with Gasteiger partial charge in [-0.15, -0.1) is 0 Å². The van der Waals surface area contributed by atoms with Gasteiger partial charge in [0.2, 0.25) is 5.75 Å². The molecule has 0 radical (unpaired) electrons. The van der Waals surface area contributed by atoms with Gasteiger partial charge in [-0.25, -0.2) is 0 Å². The van der Waals surface area contributed by atoms with E-state index in [1.54, 1.807) is 6.07 Å². The summed E-state index contributed by atoms with van der Waals surface area (Å²) in [6, 6.07) is 1.68. The first-order valence-electron chi connectivity index (χ1n) is 7.33. The summed E-state index contributed by atoms with van der Waals surface area (Å²) in [6.07, 6.45) is 2.02. The largest absolute Gasteiger partial charge is 0.493 e. The highest BCUT2D eigenvalue weighted by Crippen LogP contribution is 2.45. The van der Waals surface area contributed by atoms with E-state index in [2.05, 4.69) is 22.9 Å². The molecular formula is C16H24BrNO4. The number of ether oxygens (including phenoxy) is 3. The minimum atomic E-state index is -0.0536. The third-order valence-electron chi connectivity index (χ3n) is 3.45. The lowest BCUT2D eigenvalue weighted by Crippen LogP contribution is -2.32. The van der Waals surface area contributed by atoms with Gasteiger partial charge in [-0.2, -0.15) is 0 Å². The van der Waals surface area contributed by atoms with Gasteiger partial charge in [-0.05, 0) is 35.3 Å². The lowest BCUT2D eigenvalue weighted by Gasteiger charge is -2.23. The molecule has 0 bridgehead atoms. The molecular weight excluding hydrogens is 350 g/mol. The minimum absolute atomic E-state index is 0.0536. The Labute approximate surface area is 140 Å². The first kappa shape index (κ1) is 18.6. The van der Waals surface area contributed by atoms with Gasteiger partial charge in [0, 0.05) is 13.1 Å². The lowest BCUT2D eigenvalue weighted by molar-refractivity contribution is 0.0760. The van der Waals surface area contributed by atoms with Gasteiger partial charge in [0.15, 0.2) is 11.5 Å². The Morgan fingerprint density at radius 3 is 2.23 bits per heavy atom. The quantitative estimate of drug-likeness (QED) is 0.696. The van der Waals surface area contributed by atoms with Crippen molar-refractivity contribution in [3.63, 3.8) is 0 Å². The van der Waals surface area contributed by atoms with E-state index < -0.39 is 0 Å². The fourth-order valence-electron chi connectivity index (χ4n) is 2.20. The van der Waals surface area contributed by atoms with Crippen molar-refractivity contribution in [1.29, 1.82) is 0 Å². The average molecular weight is 374 g/mol. The molecule has 124 valence electrons. The van der Waals surface area contributed by atoms with Crippen LogP contribution >= 0.6 is 15.9 Å². The Balaban J connectivity index is 3.31. The summed E-state index contributed by atoms with van der Waals surface area (Å²) in [5, 5.41) is 0. The van der Waals surface area contributed by atoms with Crippen molar-refractivity contribution in [3.8, 4) is 17.2 Å². The van der Waals surface area contributed by atoms with Crippen molar-refractivity contribution in [2.45, 2.75) is 26.7 Å². The maximum atomic E-state index is 12.8. The van der Waals surface area contributed by atoms with E-state index in [1.165, 1.54) is 21.3 Å². The summed E-state index contributed by atoms with van der Waals surface area (Å²) < 4.78 is 16.6. The van der Waals surface area contributed by atoms with Crippen LogP contribution in [0.25, 0.3) is 0 Å². The van der Waals surface area contributed by atoms with Crippen molar-refractivity contribution in [1.82, 2.24) is 4.90 Å². The molecule has 0 fully saturated rings. The minimum Gasteiger partial charge on any atom is -0.493 e. The summed E-state index contributed by atoms with van der Waals surface area (Å²) in [7, 11) is 4.60. The lowest BCUT2D eigenvalue weighted by atomic mass is 10.1. The molecule has 0 spiro atoms. The van der Waals surface area contributed by atoms with E-state index in [1.807, 2.05) is 11.8 Å². The third-order valence-corrected chi connectivity index (χ3v) is 4.24. The highest BCUT2D eigenvalue weighted by atomic mass is 79.9. The predicted molar refractivity (Wildman–Crippen MR) is 90.3 cm³/mol. The van der Waals surface area contributed by atoms with E-state index in [9.17, 15) is 4.79 Å². The second-order valence-corrected chi connectivity index (χ2v) is 5.54. The van der Waals surface area contributed by atoms with Gasteiger partial charge >= 0.3 is 0 Å². The van der Waals surface area contributed by atoms with Gasteiger partial charge in [-0.1, -0.05) is 13.3 Å². The van der Waals surface area contributed by atoms with E-state index in [0.29, 0.717) is 33.8 Å². The van der Waals surface area contributed by atoms with Crippen LogP contribution in [0.1, 0.15) is 37.0 Å². The van der Waals surface area contributed by atoms with Crippen LogP contribution in [0.3, 0.4) is 0 Å². The predicted octanol–water partition coefficient (Wildman–Crippen LogP) is 3.74. The van der Waals surface area contributed by atoms with Crippen LogP contribution in [0.15, 0.2) is 10.5 Å². The van der Waals surface area contributed by atoms with Gasteiger partial charge < -0.3 is 19.1 Å². The Morgan fingerprint density at radius 2 is 1.77 bits per heavy atom. The summed E-state index contributed by atoms with van der Waals surface area (Å²) in [6.45, 7) is 5.46. The van der Waals surface area contributed by atoms with Crippen LogP contribution in [0.5, 0.6) is 17.2 Å². The van der Waals surface area contributed by atoms with Gasteiger partial charge in [-0.3, -0.25) is 4.79 Å². The maximum Gasteiger partial charge on any atom is 0.255 e. The van der Waals surface area contributed by atoms with Crippen LogP contribution in [-0.2, 0) is 0 Å². The Morgan fingerprint density at radius 1 is 1.14 bits per heavy atom.